The molecule has 0 bridgehead atoms. The van der Waals surface area contributed by atoms with Crippen molar-refractivity contribution in [2.45, 2.75) is 82.9 Å². The van der Waals surface area contributed by atoms with Crippen molar-refractivity contribution in [2.75, 3.05) is 6.61 Å². The maximum atomic E-state index is 14.3. The summed E-state index contributed by atoms with van der Waals surface area (Å²) >= 11 is 0. The summed E-state index contributed by atoms with van der Waals surface area (Å²) in [6.45, 7) is 7.64. The zero-order valence-electron chi connectivity index (χ0n) is 48.5. The number of cyclic esters (lactones) is 1. The van der Waals surface area contributed by atoms with Gasteiger partial charge in [0.2, 0.25) is 0 Å². The number of rotatable bonds is 16. The highest BCUT2D eigenvalue weighted by molar-refractivity contribution is 5.99. The molecule has 5 atom stereocenters. The predicted molar refractivity (Wildman–Crippen MR) is 334 cm³/mol. The second-order valence-electron chi connectivity index (χ2n) is 19.6. The third-order valence-electron chi connectivity index (χ3n) is 13.2. The van der Waals surface area contributed by atoms with Crippen LogP contribution in [0.4, 0.5) is 4.79 Å². The molecule has 1 saturated heterocycles. The molecule has 1 fully saturated rings. The number of nitrogens with zero attached hydrogens (tertiary/aromatic N) is 3. The Morgan fingerprint density at radius 1 is 0.563 bits per heavy atom. The highest BCUT2D eigenvalue weighted by atomic mass is 16.6. The van der Waals surface area contributed by atoms with Crippen LogP contribution < -0.4 is 0 Å². The Labute approximate surface area is 509 Å². The van der Waals surface area contributed by atoms with E-state index >= 15 is 0 Å². The maximum absolute atomic E-state index is 14.3. The van der Waals surface area contributed by atoms with Gasteiger partial charge in [-0.3, -0.25) is 19.6 Å². The van der Waals surface area contributed by atoms with E-state index in [2.05, 4.69) is 111 Å². The Morgan fingerprint density at radius 3 is 1.33 bits per heavy atom. The van der Waals surface area contributed by atoms with Crippen molar-refractivity contribution in [1.82, 2.24) is 14.9 Å². The highest BCUT2D eigenvalue weighted by Crippen LogP contribution is 2.44. The molecule has 428 valence electrons. The molecule has 3 heterocycles. The van der Waals surface area contributed by atoms with Gasteiger partial charge in [0.25, 0.3) is 5.91 Å². The minimum atomic E-state index is -1.84. The number of aliphatic hydroxyl groups excluding tert-OH is 3. The van der Waals surface area contributed by atoms with E-state index in [1.54, 1.807) is 57.4 Å². The lowest BCUT2D eigenvalue weighted by Gasteiger charge is -2.37. The van der Waals surface area contributed by atoms with Gasteiger partial charge in [-0.15, -0.1) is 6.42 Å². The van der Waals surface area contributed by atoms with Gasteiger partial charge in [-0.25, -0.2) is 9.69 Å². The average Bonchev–Trinajstić information content (AvgIpc) is 1.86. The van der Waals surface area contributed by atoms with Crippen LogP contribution >= 0.6 is 0 Å². The van der Waals surface area contributed by atoms with Crippen molar-refractivity contribution in [3.63, 3.8) is 0 Å². The number of ether oxygens (including phenoxy) is 3. The van der Waals surface area contributed by atoms with Crippen LogP contribution in [0.15, 0.2) is 189 Å². The Kier molecular flexibility index (Phi) is 24.8. The number of Topliss-reactive ketones (excluding diaryl/α,β-unsaturated/α-hetero) is 1. The van der Waals surface area contributed by atoms with Crippen LogP contribution in [0.2, 0.25) is 0 Å². The molecule has 0 aliphatic carbocycles. The van der Waals surface area contributed by atoms with E-state index in [0.29, 0.717) is 11.1 Å². The number of pyridine rings is 2. The molecule has 2 amide bonds. The van der Waals surface area contributed by atoms with Gasteiger partial charge < -0.3 is 29.5 Å². The smallest absolute Gasteiger partial charge is 0.417 e. The van der Waals surface area contributed by atoms with Crippen LogP contribution in [-0.4, -0.2) is 71.4 Å². The number of benzene rings is 5. The predicted octanol–water partition coefficient (Wildman–Crippen LogP) is 10.2. The Balaban J connectivity index is 0.000000225. The fourth-order valence-electron chi connectivity index (χ4n) is 8.63. The Hall–Kier alpha value is -11.2. The monoisotopic (exact) mass is 1150 g/mol. The van der Waals surface area contributed by atoms with Crippen molar-refractivity contribution in [2.24, 2.45) is 0 Å². The zero-order chi connectivity index (χ0) is 62.3. The molecule has 0 radical (unpaired) electrons. The number of hydrogen-bond acceptors (Lipinski definition) is 11. The number of ketones is 1. The molecule has 12 nitrogen and oxygen atoms in total. The summed E-state index contributed by atoms with van der Waals surface area (Å²) in [7, 11) is 0. The minimum Gasteiger partial charge on any atom is -0.440 e. The first-order valence-corrected chi connectivity index (χ1v) is 27.0. The molecule has 0 saturated carbocycles. The maximum Gasteiger partial charge on any atom is 0.417 e. The Bertz CT molecular complexity index is 4060. The van der Waals surface area contributed by atoms with Crippen LogP contribution in [0.3, 0.4) is 0 Å². The molecule has 1 aliphatic rings. The first kappa shape index (κ1) is 65.0. The lowest BCUT2D eigenvalue weighted by atomic mass is 9.87. The van der Waals surface area contributed by atoms with E-state index in [0.717, 1.165) is 43.8 Å². The van der Waals surface area contributed by atoms with Gasteiger partial charge in [0, 0.05) is 35.9 Å². The lowest BCUT2D eigenvalue weighted by molar-refractivity contribution is -0.175. The van der Waals surface area contributed by atoms with Crippen molar-refractivity contribution in [1.29, 1.82) is 0 Å². The SMILES string of the molecule is C#CC#CC#CC#CC#CC#CC#CC#CC#CC.CC1(C)OC(=O)N(C(=O)[C@@](C)(OCc2ccc(-c3ccccc3)cc2)[C@@H](O)c2cccnc2)[C@H]1c1ccccc1.C[C@@](OCc1ccc(-c2ccccc2)cc1)(C(=O)CO)[C@@H](O)c1cccnc1. The second kappa shape index (κ2) is 33.2. The van der Waals surface area contributed by atoms with Crippen LogP contribution in [0.5, 0.6) is 0 Å². The van der Waals surface area contributed by atoms with Crippen LogP contribution in [-0.2, 0) is 37.0 Å². The summed E-state index contributed by atoms with van der Waals surface area (Å²) in [5.41, 5.74) is 3.14. The fourth-order valence-corrected chi connectivity index (χ4v) is 8.63. The van der Waals surface area contributed by atoms with Crippen LogP contribution in [0.25, 0.3) is 22.3 Å². The number of carbonyl (C=O) groups excluding carboxylic acids is 3. The molecular weight excluding hydrogens is 1090 g/mol. The molecular formula is C75H59N3O9. The third kappa shape index (κ3) is 18.7. The molecule has 7 aromatic rings. The number of hydrogen-bond donors (Lipinski definition) is 3. The molecule has 87 heavy (non-hydrogen) atoms. The van der Waals surface area contributed by atoms with Crippen molar-refractivity contribution in [3.8, 4) is 129 Å². The molecule has 12 heteroatoms. The number of carbonyl (C=O) groups is 3. The Morgan fingerprint density at radius 2 is 0.943 bits per heavy atom. The molecule has 3 N–H and O–H groups in total. The second-order valence-corrected chi connectivity index (χ2v) is 19.6. The quantitative estimate of drug-likeness (QED) is 0.0788. The number of aliphatic hydroxyl groups is 3. The lowest BCUT2D eigenvalue weighted by Crippen LogP contribution is -2.54. The minimum absolute atomic E-state index is 0.0247. The number of aromatic nitrogens is 2. The van der Waals surface area contributed by atoms with Gasteiger partial charge in [-0.05, 0) is 180 Å². The van der Waals surface area contributed by atoms with Gasteiger partial charge in [0.05, 0.1) is 13.2 Å². The number of terminal acetylenes is 1. The summed E-state index contributed by atoms with van der Waals surface area (Å²) < 4.78 is 17.8. The first-order valence-electron chi connectivity index (χ1n) is 27.0. The van der Waals surface area contributed by atoms with E-state index < -0.39 is 59.4 Å². The molecule has 0 spiro atoms. The summed E-state index contributed by atoms with van der Waals surface area (Å²) in [5.74, 6) is 40.6. The number of imide groups is 1. The summed E-state index contributed by atoms with van der Waals surface area (Å²) in [4.78, 5) is 49.0. The van der Waals surface area contributed by atoms with Crippen molar-refractivity contribution >= 4 is 17.8 Å². The normalized spacial score (nSPS) is 13.9. The van der Waals surface area contributed by atoms with Gasteiger partial charge in [0.1, 0.15) is 30.5 Å². The molecule has 0 unspecified atom stereocenters. The molecule has 5 aromatic carbocycles. The van der Waals surface area contributed by atoms with Crippen LogP contribution in [0.1, 0.15) is 80.7 Å². The van der Waals surface area contributed by atoms with Gasteiger partial charge in [-0.2, -0.15) is 0 Å². The van der Waals surface area contributed by atoms with E-state index in [-0.39, 0.29) is 13.2 Å². The van der Waals surface area contributed by atoms with E-state index in [1.807, 2.05) is 140 Å². The third-order valence-corrected chi connectivity index (χ3v) is 13.2. The first-order chi connectivity index (χ1) is 42.2. The van der Waals surface area contributed by atoms with Gasteiger partial charge in [-0.1, -0.05) is 158 Å². The van der Waals surface area contributed by atoms with Crippen molar-refractivity contribution in [3.05, 3.63) is 216 Å². The summed E-state index contributed by atoms with van der Waals surface area (Å²) in [6.07, 6.45) is 7.57. The largest absolute Gasteiger partial charge is 0.440 e. The standard InChI is InChI=1S/C33H32N2O5.C23H23NO4.C19H4/c1-32(2)28(26-13-8-5-9-14-26)35(31(38)40-32)30(37)33(3,29(36)27-15-10-20-34-21-27)39-22-23-16-18-25(19-17-23)24-11-6-4-7-12-24;1-23(21(26)15-25,22(27)20-8-5-13-24-14-20)28-16-17-9-11-19(12-10-17)18-6-3-2-4-7-18;1-3-5-7-9-11-13-15-17-19-18-16-14-12-10-8-6-4-2/h4-21,28-29,36H,22H2,1-3H3;2-14,22,25,27H,15-16H2,1H3;1H,2H3/t28-,29-,33-;22-,23+;/m00./s1. The summed E-state index contributed by atoms with van der Waals surface area (Å²) in [6, 6.07) is 50.8. The summed E-state index contributed by atoms with van der Waals surface area (Å²) in [5, 5.41) is 31.6. The topological polar surface area (TPSA) is 169 Å². The number of amides is 2. The molecule has 2 aromatic heterocycles. The van der Waals surface area contributed by atoms with Crippen molar-refractivity contribution < 1.29 is 43.9 Å². The van der Waals surface area contributed by atoms with E-state index in [1.165, 1.54) is 26.2 Å². The highest BCUT2D eigenvalue weighted by Gasteiger charge is 2.57. The van der Waals surface area contributed by atoms with Gasteiger partial charge >= 0.3 is 6.09 Å². The van der Waals surface area contributed by atoms with Crippen LogP contribution in [0, 0.1) is 107 Å². The average molecular weight is 1150 g/mol. The fraction of sp³-hybridized carbons (Fsp3) is 0.187. The van der Waals surface area contributed by atoms with Gasteiger partial charge in [0.15, 0.2) is 17.0 Å². The van der Waals surface area contributed by atoms with E-state index in [4.69, 9.17) is 20.6 Å². The van der Waals surface area contributed by atoms with E-state index in [9.17, 15) is 29.7 Å². The zero-order valence-corrected chi connectivity index (χ0v) is 48.5. The molecule has 8 rings (SSSR count). The molecule has 1 aliphatic heterocycles.